The van der Waals surface area contributed by atoms with Gasteiger partial charge in [0.15, 0.2) is 0 Å². The van der Waals surface area contributed by atoms with Crippen LogP contribution >= 0.6 is 0 Å². The SMILES string of the molecule is CCNC(=O)NC(=O)C(C)NCCOC1CCCC1. The zero-order chi connectivity index (χ0) is 14.1. The van der Waals surface area contributed by atoms with Gasteiger partial charge in [-0.3, -0.25) is 10.1 Å². The predicted octanol–water partition coefficient (Wildman–Crippen LogP) is 0.769. The Morgan fingerprint density at radius 2 is 2.00 bits per heavy atom. The Bertz CT molecular complexity index is 291. The molecule has 0 aromatic rings. The average molecular weight is 271 g/mol. The summed E-state index contributed by atoms with van der Waals surface area (Å²) in [7, 11) is 0. The van der Waals surface area contributed by atoms with Gasteiger partial charge in [-0.25, -0.2) is 4.79 Å². The lowest BCUT2D eigenvalue weighted by molar-refractivity contribution is -0.121. The van der Waals surface area contributed by atoms with Crippen LogP contribution in [-0.4, -0.2) is 43.8 Å². The number of hydrogen-bond donors (Lipinski definition) is 3. The standard InChI is InChI=1S/C13H25N3O3/c1-3-14-13(18)16-12(17)10(2)15-8-9-19-11-6-4-5-7-11/h10-11,15H,3-9H2,1-2H3,(H2,14,16,17,18). The molecule has 0 radical (unpaired) electrons. The summed E-state index contributed by atoms with van der Waals surface area (Å²) in [6.07, 6.45) is 5.19. The smallest absolute Gasteiger partial charge is 0.321 e. The van der Waals surface area contributed by atoms with Gasteiger partial charge in [-0.15, -0.1) is 0 Å². The van der Waals surface area contributed by atoms with E-state index in [2.05, 4.69) is 16.0 Å². The van der Waals surface area contributed by atoms with Crippen LogP contribution in [0, 0.1) is 0 Å². The number of carbonyl (C=O) groups is 2. The molecule has 3 N–H and O–H groups in total. The summed E-state index contributed by atoms with van der Waals surface area (Å²) in [5.41, 5.74) is 0. The van der Waals surface area contributed by atoms with Crippen LogP contribution in [0.5, 0.6) is 0 Å². The molecule has 19 heavy (non-hydrogen) atoms. The van der Waals surface area contributed by atoms with Crippen LogP contribution in [0.25, 0.3) is 0 Å². The van der Waals surface area contributed by atoms with Crippen molar-refractivity contribution in [1.29, 1.82) is 0 Å². The highest BCUT2D eigenvalue weighted by Gasteiger charge is 2.16. The van der Waals surface area contributed by atoms with Crippen LogP contribution in [0.1, 0.15) is 39.5 Å². The van der Waals surface area contributed by atoms with E-state index < -0.39 is 12.1 Å². The van der Waals surface area contributed by atoms with E-state index >= 15 is 0 Å². The molecule has 110 valence electrons. The molecule has 1 aliphatic carbocycles. The second kappa shape index (κ2) is 8.87. The van der Waals surface area contributed by atoms with Crippen LogP contribution in [0.15, 0.2) is 0 Å². The molecule has 3 amide bonds. The van der Waals surface area contributed by atoms with Crippen molar-refractivity contribution in [3.63, 3.8) is 0 Å². The Kier molecular flexibility index (Phi) is 7.43. The lowest BCUT2D eigenvalue weighted by atomic mass is 10.3. The molecule has 1 aliphatic rings. The first-order valence-corrected chi connectivity index (χ1v) is 7.07. The van der Waals surface area contributed by atoms with Gasteiger partial charge in [-0.2, -0.15) is 0 Å². The molecule has 0 bridgehead atoms. The molecule has 0 heterocycles. The maximum absolute atomic E-state index is 11.6. The second-order valence-corrected chi connectivity index (χ2v) is 4.80. The van der Waals surface area contributed by atoms with Crippen molar-refractivity contribution in [1.82, 2.24) is 16.0 Å². The fourth-order valence-corrected chi connectivity index (χ4v) is 2.07. The molecule has 1 fully saturated rings. The van der Waals surface area contributed by atoms with Crippen LogP contribution in [0.2, 0.25) is 0 Å². The van der Waals surface area contributed by atoms with E-state index in [9.17, 15) is 9.59 Å². The zero-order valence-corrected chi connectivity index (χ0v) is 11.8. The largest absolute Gasteiger partial charge is 0.377 e. The van der Waals surface area contributed by atoms with Crippen molar-refractivity contribution in [3.8, 4) is 0 Å². The van der Waals surface area contributed by atoms with Gasteiger partial charge in [0.2, 0.25) is 5.91 Å². The van der Waals surface area contributed by atoms with E-state index in [1.807, 2.05) is 0 Å². The lowest BCUT2D eigenvalue weighted by Gasteiger charge is -2.15. The van der Waals surface area contributed by atoms with Crippen LogP contribution < -0.4 is 16.0 Å². The summed E-state index contributed by atoms with van der Waals surface area (Å²) in [4.78, 5) is 22.8. The molecule has 0 aliphatic heterocycles. The number of ether oxygens (including phenoxy) is 1. The summed E-state index contributed by atoms with van der Waals surface area (Å²) in [5.74, 6) is -0.327. The number of imide groups is 1. The number of nitrogens with one attached hydrogen (secondary N) is 3. The number of rotatable bonds is 7. The van der Waals surface area contributed by atoms with Gasteiger partial charge in [0, 0.05) is 13.1 Å². The Morgan fingerprint density at radius 1 is 1.32 bits per heavy atom. The number of carbonyl (C=O) groups excluding carboxylic acids is 2. The summed E-state index contributed by atoms with van der Waals surface area (Å²) in [6, 6.07) is -0.863. The fourth-order valence-electron chi connectivity index (χ4n) is 2.07. The summed E-state index contributed by atoms with van der Waals surface area (Å²) >= 11 is 0. The first kappa shape index (κ1) is 15.9. The molecule has 1 saturated carbocycles. The Balaban J connectivity index is 2.07. The van der Waals surface area contributed by atoms with Crippen LogP contribution in [0.3, 0.4) is 0 Å². The highest BCUT2D eigenvalue weighted by molar-refractivity contribution is 5.96. The van der Waals surface area contributed by atoms with E-state index in [1.165, 1.54) is 12.8 Å². The fraction of sp³-hybridized carbons (Fsp3) is 0.846. The van der Waals surface area contributed by atoms with E-state index in [4.69, 9.17) is 4.74 Å². The quantitative estimate of drug-likeness (QED) is 0.598. The number of amides is 3. The van der Waals surface area contributed by atoms with Crippen molar-refractivity contribution < 1.29 is 14.3 Å². The van der Waals surface area contributed by atoms with Crippen molar-refractivity contribution in [3.05, 3.63) is 0 Å². The highest BCUT2D eigenvalue weighted by Crippen LogP contribution is 2.20. The summed E-state index contributed by atoms with van der Waals surface area (Å²) in [5, 5.41) is 7.82. The maximum Gasteiger partial charge on any atom is 0.321 e. The third-order valence-corrected chi connectivity index (χ3v) is 3.18. The molecule has 1 rings (SSSR count). The molecular formula is C13H25N3O3. The highest BCUT2D eigenvalue weighted by atomic mass is 16.5. The van der Waals surface area contributed by atoms with Gasteiger partial charge >= 0.3 is 6.03 Å². The minimum absolute atomic E-state index is 0.327. The number of hydrogen-bond acceptors (Lipinski definition) is 4. The molecule has 0 aromatic heterocycles. The molecule has 0 spiro atoms. The van der Waals surface area contributed by atoms with Gasteiger partial charge in [0.25, 0.3) is 0 Å². The molecule has 6 heteroatoms. The van der Waals surface area contributed by atoms with Gasteiger partial charge in [-0.05, 0) is 26.7 Å². The average Bonchev–Trinajstić information content (AvgIpc) is 2.87. The molecular weight excluding hydrogens is 246 g/mol. The molecule has 1 unspecified atom stereocenters. The Hall–Kier alpha value is -1.14. The third-order valence-electron chi connectivity index (χ3n) is 3.18. The van der Waals surface area contributed by atoms with E-state index in [-0.39, 0.29) is 5.91 Å². The second-order valence-electron chi connectivity index (χ2n) is 4.80. The molecule has 6 nitrogen and oxygen atoms in total. The predicted molar refractivity (Wildman–Crippen MR) is 72.9 cm³/mol. The van der Waals surface area contributed by atoms with Gasteiger partial charge in [0.05, 0.1) is 18.8 Å². The van der Waals surface area contributed by atoms with Crippen molar-refractivity contribution in [2.45, 2.75) is 51.7 Å². The molecule has 0 aromatic carbocycles. The van der Waals surface area contributed by atoms with Crippen molar-refractivity contribution >= 4 is 11.9 Å². The minimum Gasteiger partial charge on any atom is -0.377 e. The molecule has 1 atom stereocenters. The third kappa shape index (κ3) is 6.54. The normalized spacial score (nSPS) is 17.2. The van der Waals surface area contributed by atoms with E-state index in [1.54, 1.807) is 13.8 Å². The minimum atomic E-state index is -0.455. The zero-order valence-electron chi connectivity index (χ0n) is 11.8. The van der Waals surface area contributed by atoms with E-state index in [0.717, 1.165) is 12.8 Å². The van der Waals surface area contributed by atoms with Gasteiger partial charge in [0.1, 0.15) is 0 Å². The Labute approximate surface area is 114 Å². The van der Waals surface area contributed by atoms with Crippen molar-refractivity contribution in [2.24, 2.45) is 0 Å². The lowest BCUT2D eigenvalue weighted by Crippen LogP contribution is -2.48. The first-order chi connectivity index (χ1) is 9.13. The van der Waals surface area contributed by atoms with Crippen LogP contribution in [0.4, 0.5) is 4.79 Å². The Morgan fingerprint density at radius 3 is 2.63 bits per heavy atom. The first-order valence-electron chi connectivity index (χ1n) is 7.07. The summed E-state index contributed by atoms with van der Waals surface area (Å²) < 4.78 is 5.68. The number of urea groups is 1. The van der Waals surface area contributed by atoms with Crippen molar-refractivity contribution in [2.75, 3.05) is 19.7 Å². The van der Waals surface area contributed by atoms with Gasteiger partial charge in [-0.1, -0.05) is 12.8 Å². The van der Waals surface area contributed by atoms with Crippen LogP contribution in [-0.2, 0) is 9.53 Å². The van der Waals surface area contributed by atoms with Gasteiger partial charge < -0.3 is 15.4 Å². The van der Waals surface area contributed by atoms with E-state index in [0.29, 0.717) is 25.8 Å². The monoisotopic (exact) mass is 271 g/mol. The molecule has 0 saturated heterocycles. The summed E-state index contributed by atoms with van der Waals surface area (Å²) in [6.45, 7) is 5.23. The maximum atomic E-state index is 11.6. The topological polar surface area (TPSA) is 79.5 Å².